The summed E-state index contributed by atoms with van der Waals surface area (Å²) in [6, 6.07) is 13.1. The van der Waals surface area contributed by atoms with Crippen LogP contribution in [0.1, 0.15) is 28.7 Å². The Hall–Kier alpha value is -1.55. The van der Waals surface area contributed by atoms with Gasteiger partial charge in [-0.3, -0.25) is 0 Å². The third-order valence-corrected chi connectivity index (χ3v) is 3.88. The van der Waals surface area contributed by atoms with E-state index >= 15 is 0 Å². The fraction of sp³-hybridized carbons (Fsp3) is 0.294. The first-order valence-corrected chi connectivity index (χ1v) is 7.22. The van der Waals surface area contributed by atoms with Crippen LogP contribution in [-0.4, -0.2) is 18.8 Å². The molecule has 3 nitrogen and oxygen atoms in total. The zero-order valence-electron chi connectivity index (χ0n) is 12.2. The SMILES string of the molecule is COc1ccc(Cl)cc1C(CN)C(O)c1ccc(C)cc1. The molecule has 2 atom stereocenters. The largest absolute Gasteiger partial charge is 0.496 e. The molecule has 4 heteroatoms. The summed E-state index contributed by atoms with van der Waals surface area (Å²) in [5.74, 6) is 0.405. The zero-order chi connectivity index (χ0) is 15.4. The highest BCUT2D eigenvalue weighted by atomic mass is 35.5. The Labute approximate surface area is 130 Å². The van der Waals surface area contributed by atoms with Crippen LogP contribution in [0.4, 0.5) is 0 Å². The van der Waals surface area contributed by atoms with Gasteiger partial charge in [-0.05, 0) is 30.7 Å². The predicted molar refractivity (Wildman–Crippen MR) is 85.9 cm³/mol. The Kier molecular flexibility index (Phi) is 5.23. The van der Waals surface area contributed by atoms with E-state index in [4.69, 9.17) is 22.1 Å². The van der Waals surface area contributed by atoms with Crippen LogP contribution >= 0.6 is 11.6 Å². The maximum absolute atomic E-state index is 10.7. The van der Waals surface area contributed by atoms with E-state index < -0.39 is 6.10 Å². The van der Waals surface area contributed by atoms with Crippen LogP contribution in [0.25, 0.3) is 0 Å². The van der Waals surface area contributed by atoms with Gasteiger partial charge in [0, 0.05) is 23.0 Å². The molecule has 0 heterocycles. The van der Waals surface area contributed by atoms with Crippen LogP contribution in [0.5, 0.6) is 5.75 Å². The Morgan fingerprint density at radius 2 is 1.86 bits per heavy atom. The summed E-state index contributed by atoms with van der Waals surface area (Å²) in [7, 11) is 1.60. The molecule has 2 rings (SSSR count). The van der Waals surface area contributed by atoms with Gasteiger partial charge in [-0.1, -0.05) is 41.4 Å². The van der Waals surface area contributed by atoms with Gasteiger partial charge in [-0.2, -0.15) is 0 Å². The molecule has 21 heavy (non-hydrogen) atoms. The van der Waals surface area contributed by atoms with Crippen LogP contribution < -0.4 is 10.5 Å². The molecule has 2 aromatic carbocycles. The van der Waals surface area contributed by atoms with Crippen molar-refractivity contribution in [2.45, 2.75) is 18.9 Å². The number of hydrogen-bond acceptors (Lipinski definition) is 3. The first kappa shape index (κ1) is 15.8. The van der Waals surface area contributed by atoms with Gasteiger partial charge in [0.15, 0.2) is 0 Å². The van der Waals surface area contributed by atoms with E-state index in [0.29, 0.717) is 17.3 Å². The minimum atomic E-state index is -0.706. The summed E-state index contributed by atoms with van der Waals surface area (Å²) in [4.78, 5) is 0. The fourth-order valence-electron chi connectivity index (χ4n) is 2.42. The molecule has 0 amide bonds. The van der Waals surface area contributed by atoms with Gasteiger partial charge in [0.2, 0.25) is 0 Å². The third-order valence-electron chi connectivity index (χ3n) is 3.65. The van der Waals surface area contributed by atoms with E-state index in [1.165, 1.54) is 0 Å². The van der Waals surface area contributed by atoms with Crippen molar-refractivity contribution in [3.05, 3.63) is 64.2 Å². The smallest absolute Gasteiger partial charge is 0.122 e. The topological polar surface area (TPSA) is 55.5 Å². The Bertz CT molecular complexity index is 598. The Morgan fingerprint density at radius 1 is 1.19 bits per heavy atom. The van der Waals surface area contributed by atoms with Gasteiger partial charge in [0.05, 0.1) is 13.2 Å². The van der Waals surface area contributed by atoms with Crippen LogP contribution in [-0.2, 0) is 0 Å². The molecule has 0 saturated carbocycles. The Balaban J connectivity index is 2.39. The van der Waals surface area contributed by atoms with Crippen molar-refractivity contribution in [2.24, 2.45) is 5.73 Å². The number of aliphatic hydroxyl groups is 1. The summed E-state index contributed by atoms with van der Waals surface area (Å²) in [5.41, 5.74) is 8.69. The standard InChI is InChI=1S/C17H20ClNO2/c1-11-3-5-12(6-4-11)17(20)15(10-19)14-9-13(18)7-8-16(14)21-2/h3-9,15,17,20H,10,19H2,1-2H3. The summed E-state index contributed by atoms with van der Waals surface area (Å²) in [6.07, 6.45) is -0.706. The van der Waals surface area contributed by atoms with Crippen molar-refractivity contribution < 1.29 is 9.84 Å². The van der Waals surface area contributed by atoms with E-state index in [1.54, 1.807) is 25.3 Å². The minimum absolute atomic E-state index is 0.277. The van der Waals surface area contributed by atoms with Gasteiger partial charge in [0.25, 0.3) is 0 Å². The number of nitrogens with two attached hydrogens (primary N) is 1. The van der Waals surface area contributed by atoms with Gasteiger partial charge in [0.1, 0.15) is 5.75 Å². The number of hydrogen-bond donors (Lipinski definition) is 2. The first-order valence-electron chi connectivity index (χ1n) is 6.85. The summed E-state index contributed by atoms with van der Waals surface area (Å²) >= 11 is 6.07. The maximum Gasteiger partial charge on any atom is 0.122 e. The number of aryl methyl sites for hydroxylation is 1. The highest BCUT2D eigenvalue weighted by molar-refractivity contribution is 6.30. The lowest BCUT2D eigenvalue weighted by molar-refractivity contribution is 0.146. The molecule has 0 radical (unpaired) electrons. The zero-order valence-corrected chi connectivity index (χ0v) is 13.0. The van der Waals surface area contributed by atoms with E-state index in [9.17, 15) is 5.11 Å². The molecule has 2 aromatic rings. The van der Waals surface area contributed by atoms with Gasteiger partial charge in [-0.15, -0.1) is 0 Å². The van der Waals surface area contributed by atoms with E-state index in [0.717, 1.165) is 16.7 Å². The van der Waals surface area contributed by atoms with Crippen molar-refractivity contribution in [3.63, 3.8) is 0 Å². The summed E-state index contributed by atoms with van der Waals surface area (Å²) in [6.45, 7) is 2.31. The molecule has 0 aliphatic carbocycles. The van der Waals surface area contributed by atoms with E-state index in [2.05, 4.69) is 0 Å². The second-order valence-corrected chi connectivity index (χ2v) is 5.52. The average Bonchev–Trinajstić information content (AvgIpc) is 2.49. The molecule has 2 unspecified atom stereocenters. The second-order valence-electron chi connectivity index (χ2n) is 5.08. The van der Waals surface area contributed by atoms with Crippen LogP contribution in [0.3, 0.4) is 0 Å². The number of ether oxygens (including phenoxy) is 1. The Morgan fingerprint density at radius 3 is 2.43 bits per heavy atom. The van der Waals surface area contributed by atoms with E-state index in [1.807, 2.05) is 31.2 Å². The molecule has 112 valence electrons. The number of benzene rings is 2. The highest BCUT2D eigenvalue weighted by Gasteiger charge is 2.24. The molecular formula is C17H20ClNO2. The molecule has 0 saturated heterocycles. The quantitative estimate of drug-likeness (QED) is 0.890. The van der Waals surface area contributed by atoms with E-state index in [-0.39, 0.29) is 5.92 Å². The van der Waals surface area contributed by atoms with Crippen LogP contribution in [0.2, 0.25) is 5.02 Å². The number of halogens is 1. The van der Waals surface area contributed by atoms with Gasteiger partial charge in [-0.25, -0.2) is 0 Å². The van der Waals surface area contributed by atoms with Crippen molar-refractivity contribution in [3.8, 4) is 5.75 Å². The van der Waals surface area contributed by atoms with Crippen molar-refractivity contribution in [2.75, 3.05) is 13.7 Å². The molecule has 0 aliphatic rings. The molecule has 3 N–H and O–H groups in total. The normalized spacial score (nSPS) is 13.8. The minimum Gasteiger partial charge on any atom is -0.496 e. The highest BCUT2D eigenvalue weighted by Crippen LogP contribution is 2.36. The first-order chi connectivity index (χ1) is 10.1. The number of aliphatic hydroxyl groups excluding tert-OH is 1. The molecule has 0 fully saturated rings. The fourth-order valence-corrected chi connectivity index (χ4v) is 2.60. The van der Waals surface area contributed by atoms with Crippen molar-refractivity contribution >= 4 is 11.6 Å². The number of methoxy groups -OCH3 is 1. The summed E-state index contributed by atoms with van der Waals surface area (Å²) in [5, 5.41) is 11.3. The van der Waals surface area contributed by atoms with Crippen LogP contribution in [0, 0.1) is 6.92 Å². The molecule has 0 spiro atoms. The molecule has 0 aromatic heterocycles. The summed E-state index contributed by atoms with van der Waals surface area (Å²) < 4.78 is 5.36. The lowest BCUT2D eigenvalue weighted by Gasteiger charge is -2.24. The molecule has 0 bridgehead atoms. The van der Waals surface area contributed by atoms with Crippen molar-refractivity contribution in [1.82, 2.24) is 0 Å². The molecular weight excluding hydrogens is 286 g/mol. The average molecular weight is 306 g/mol. The molecule has 0 aliphatic heterocycles. The van der Waals surface area contributed by atoms with Gasteiger partial charge < -0.3 is 15.6 Å². The third kappa shape index (κ3) is 3.56. The predicted octanol–water partition coefficient (Wildman–Crippen LogP) is 3.43. The lowest BCUT2D eigenvalue weighted by atomic mass is 9.88. The maximum atomic E-state index is 10.7. The monoisotopic (exact) mass is 305 g/mol. The number of rotatable bonds is 5. The lowest BCUT2D eigenvalue weighted by Crippen LogP contribution is -2.21. The van der Waals surface area contributed by atoms with Crippen LogP contribution in [0.15, 0.2) is 42.5 Å². The van der Waals surface area contributed by atoms with Gasteiger partial charge >= 0.3 is 0 Å². The van der Waals surface area contributed by atoms with Crippen molar-refractivity contribution in [1.29, 1.82) is 0 Å². The second kappa shape index (κ2) is 6.94.